The number of fused-ring (bicyclic) bond motifs is 1. The van der Waals surface area contributed by atoms with Crippen molar-refractivity contribution in [3.8, 4) is 0 Å². The Labute approximate surface area is 161 Å². The summed E-state index contributed by atoms with van der Waals surface area (Å²) in [4.78, 5) is 41.3. The molecule has 1 atom stereocenters. The number of urea groups is 1. The van der Waals surface area contributed by atoms with Crippen molar-refractivity contribution in [2.75, 3.05) is 11.9 Å². The van der Waals surface area contributed by atoms with E-state index in [9.17, 15) is 14.4 Å². The molecule has 4 rings (SSSR count). The van der Waals surface area contributed by atoms with Gasteiger partial charge in [-0.1, -0.05) is 36.4 Å². The summed E-state index contributed by atoms with van der Waals surface area (Å²) in [6.07, 6.45) is 2.30. The Kier molecular flexibility index (Phi) is 4.80. The predicted octanol–water partition coefficient (Wildman–Crippen LogP) is 2.66. The van der Waals surface area contributed by atoms with Gasteiger partial charge in [-0.2, -0.15) is 0 Å². The third-order valence-corrected chi connectivity index (χ3v) is 4.80. The van der Waals surface area contributed by atoms with Gasteiger partial charge in [-0.05, 0) is 35.6 Å². The maximum Gasteiger partial charge on any atom is 0.324 e. The molecule has 0 spiro atoms. The van der Waals surface area contributed by atoms with Crippen LogP contribution in [0, 0.1) is 0 Å². The lowest BCUT2D eigenvalue weighted by molar-refractivity contribution is -0.129. The number of rotatable bonds is 6. The van der Waals surface area contributed by atoms with E-state index in [-0.39, 0.29) is 24.8 Å². The van der Waals surface area contributed by atoms with E-state index in [1.807, 2.05) is 54.7 Å². The molecule has 0 bridgehead atoms. The van der Waals surface area contributed by atoms with Gasteiger partial charge in [0.15, 0.2) is 0 Å². The smallest absolute Gasteiger partial charge is 0.324 e. The molecule has 2 heterocycles. The summed E-state index contributed by atoms with van der Waals surface area (Å²) in [6, 6.07) is 15.8. The first-order chi connectivity index (χ1) is 13.6. The van der Waals surface area contributed by atoms with Gasteiger partial charge in [-0.3, -0.25) is 14.5 Å². The van der Waals surface area contributed by atoms with Gasteiger partial charge in [0.2, 0.25) is 5.91 Å². The number of H-pyrrole nitrogens is 1. The Bertz CT molecular complexity index is 1030. The first kappa shape index (κ1) is 17.8. The number of carbonyl (C=O) groups excluding carboxylic acids is 3. The van der Waals surface area contributed by atoms with Gasteiger partial charge in [-0.25, -0.2) is 4.79 Å². The summed E-state index contributed by atoms with van der Waals surface area (Å²) in [7, 11) is 0. The van der Waals surface area contributed by atoms with Crippen molar-refractivity contribution in [3.05, 3.63) is 66.4 Å². The highest BCUT2D eigenvalue weighted by molar-refractivity contribution is 6.07. The summed E-state index contributed by atoms with van der Waals surface area (Å²) < 4.78 is 0. The maximum atomic E-state index is 12.5. The topological polar surface area (TPSA) is 94.3 Å². The average Bonchev–Trinajstić information content (AvgIpc) is 3.25. The predicted molar refractivity (Wildman–Crippen MR) is 106 cm³/mol. The standard InChI is InChI=1S/C21H20N4O3/c26-19(23-16-7-6-15-8-10-22-17(15)12-16)13-18-20(27)25(21(28)24-18)11-9-14-4-2-1-3-5-14/h1-8,10,12,18,22H,9,11,13H2,(H,23,26)(H,24,28)/t18-/m1/s1. The second-order valence-corrected chi connectivity index (χ2v) is 6.76. The van der Waals surface area contributed by atoms with E-state index < -0.39 is 12.1 Å². The largest absolute Gasteiger partial charge is 0.361 e. The number of carbonyl (C=O) groups is 3. The van der Waals surface area contributed by atoms with E-state index in [1.165, 1.54) is 4.90 Å². The second kappa shape index (κ2) is 7.56. The molecule has 7 heteroatoms. The van der Waals surface area contributed by atoms with Crippen LogP contribution in [0.25, 0.3) is 10.9 Å². The number of amides is 4. The summed E-state index contributed by atoms with van der Waals surface area (Å²) >= 11 is 0. The molecule has 1 saturated heterocycles. The molecule has 0 saturated carbocycles. The van der Waals surface area contributed by atoms with Crippen molar-refractivity contribution in [2.45, 2.75) is 18.9 Å². The van der Waals surface area contributed by atoms with Crippen molar-refractivity contribution in [1.82, 2.24) is 15.2 Å². The fraction of sp³-hybridized carbons (Fsp3) is 0.190. The lowest BCUT2D eigenvalue weighted by Crippen LogP contribution is -2.34. The normalized spacial score (nSPS) is 16.4. The van der Waals surface area contributed by atoms with Crippen molar-refractivity contribution < 1.29 is 14.4 Å². The van der Waals surface area contributed by atoms with Gasteiger partial charge in [0.25, 0.3) is 5.91 Å². The molecule has 0 aliphatic carbocycles. The van der Waals surface area contributed by atoms with Crippen molar-refractivity contribution in [1.29, 1.82) is 0 Å². The van der Waals surface area contributed by atoms with E-state index in [0.717, 1.165) is 16.5 Å². The van der Waals surface area contributed by atoms with Gasteiger partial charge in [-0.15, -0.1) is 0 Å². The minimum atomic E-state index is -0.836. The Morgan fingerprint density at radius 2 is 1.89 bits per heavy atom. The van der Waals surface area contributed by atoms with E-state index in [2.05, 4.69) is 15.6 Å². The Balaban J connectivity index is 1.34. The van der Waals surface area contributed by atoms with Gasteiger partial charge < -0.3 is 15.6 Å². The highest BCUT2D eigenvalue weighted by atomic mass is 16.2. The van der Waals surface area contributed by atoms with Crippen LogP contribution in [0.2, 0.25) is 0 Å². The molecular formula is C21H20N4O3. The fourth-order valence-electron chi connectivity index (χ4n) is 3.34. The lowest BCUT2D eigenvalue weighted by Gasteiger charge is -2.13. The van der Waals surface area contributed by atoms with Crippen LogP contribution in [0.3, 0.4) is 0 Å². The van der Waals surface area contributed by atoms with Crippen LogP contribution in [0.1, 0.15) is 12.0 Å². The van der Waals surface area contributed by atoms with Crippen LogP contribution in [0.15, 0.2) is 60.8 Å². The molecular weight excluding hydrogens is 356 g/mol. The molecule has 4 amide bonds. The third kappa shape index (κ3) is 3.73. The minimum Gasteiger partial charge on any atom is -0.361 e. The molecule has 0 unspecified atom stereocenters. The van der Waals surface area contributed by atoms with Gasteiger partial charge in [0.05, 0.1) is 6.42 Å². The zero-order valence-electron chi connectivity index (χ0n) is 15.1. The number of imide groups is 1. The summed E-state index contributed by atoms with van der Waals surface area (Å²) in [5, 5.41) is 6.43. The second-order valence-electron chi connectivity index (χ2n) is 6.76. The first-order valence-corrected chi connectivity index (χ1v) is 9.13. The molecule has 1 aliphatic rings. The van der Waals surface area contributed by atoms with Gasteiger partial charge >= 0.3 is 6.03 Å². The zero-order chi connectivity index (χ0) is 19.5. The van der Waals surface area contributed by atoms with Crippen LogP contribution >= 0.6 is 0 Å². The monoisotopic (exact) mass is 376 g/mol. The maximum absolute atomic E-state index is 12.5. The van der Waals surface area contributed by atoms with E-state index in [1.54, 1.807) is 6.07 Å². The third-order valence-electron chi connectivity index (χ3n) is 4.80. The number of hydrogen-bond donors (Lipinski definition) is 3. The number of benzene rings is 2. The Morgan fingerprint density at radius 1 is 1.07 bits per heavy atom. The SMILES string of the molecule is O=C(C[C@H]1NC(=O)N(CCc2ccccc2)C1=O)Nc1ccc2cc[nH]c2c1. The Morgan fingerprint density at radius 3 is 2.71 bits per heavy atom. The van der Waals surface area contributed by atoms with Crippen molar-refractivity contribution in [2.24, 2.45) is 0 Å². The number of anilines is 1. The molecule has 7 nitrogen and oxygen atoms in total. The zero-order valence-corrected chi connectivity index (χ0v) is 15.1. The molecule has 1 aromatic heterocycles. The summed E-state index contributed by atoms with van der Waals surface area (Å²) in [5.74, 6) is -0.689. The van der Waals surface area contributed by atoms with Crippen molar-refractivity contribution in [3.63, 3.8) is 0 Å². The minimum absolute atomic E-state index is 0.102. The van der Waals surface area contributed by atoms with Crippen LogP contribution in [-0.2, 0) is 16.0 Å². The van der Waals surface area contributed by atoms with Crippen LogP contribution in [0.5, 0.6) is 0 Å². The summed E-state index contributed by atoms with van der Waals surface area (Å²) in [6.45, 7) is 0.288. The molecule has 3 N–H and O–H groups in total. The highest BCUT2D eigenvalue weighted by Crippen LogP contribution is 2.18. The molecule has 2 aromatic carbocycles. The quantitative estimate of drug-likeness (QED) is 0.577. The number of nitrogens with one attached hydrogen (secondary N) is 3. The molecule has 28 heavy (non-hydrogen) atoms. The van der Waals surface area contributed by atoms with E-state index in [4.69, 9.17) is 0 Å². The fourth-order valence-corrected chi connectivity index (χ4v) is 3.34. The van der Waals surface area contributed by atoms with Crippen LogP contribution < -0.4 is 10.6 Å². The average molecular weight is 376 g/mol. The highest BCUT2D eigenvalue weighted by Gasteiger charge is 2.38. The number of hydrogen-bond acceptors (Lipinski definition) is 3. The van der Waals surface area contributed by atoms with E-state index >= 15 is 0 Å². The van der Waals surface area contributed by atoms with Crippen molar-refractivity contribution >= 4 is 34.4 Å². The van der Waals surface area contributed by atoms with Crippen LogP contribution in [0.4, 0.5) is 10.5 Å². The first-order valence-electron chi connectivity index (χ1n) is 9.13. The lowest BCUT2D eigenvalue weighted by atomic mass is 10.1. The van der Waals surface area contributed by atoms with Gasteiger partial charge in [0, 0.05) is 23.9 Å². The molecule has 1 aliphatic heterocycles. The molecule has 3 aromatic rings. The number of aromatic amines is 1. The van der Waals surface area contributed by atoms with E-state index in [0.29, 0.717) is 12.1 Å². The summed E-state index contributed by atoms with van der Waals surface area (Å²) in [5.41, 5.74) is 2.59. The number of nitrogens with zero attached hydrogens (tertiary/aromatic N) is 1. The molecule has 0 radical (unpaired) electrons. The van der Waals surface area contributed by atoms with Gasteiger partial charge in [0.1, 0.15) is 6.04 Å². The molecule has 1 fully saturated rings. The van der Waals surface area contributed by atoms with Crippen LogP contribution in [-0.4, -0.2) is 40.3 Å². The molecule has 142 valence electrons. The number of aromatic nitrogens is 1. The Hall–Kier alpha value is -3.61.